The van der Waals surface area contributed by atoms with Gasteiger partial charge in [0.25, 0.3) is 5.22 Å². The summed E-state index contributed by atoms with van der Waals surface area (Å²) in [5.41, 5.74) is 0.882. The number of amides is 1. The zero-order valence-electron chi connectivity index (χ0n) is 13.9. The van der Waals surface area contributed by atoms with E-state index in [0.717, 1.165) is 18.4 Å². The number of rotatable bonds is 5. The third kappa shape index (κ3) is 4.60. The van der Waals surface area contributed by atoms with Gasteiger partial charge in [-0.3, -0.25) is 4.79 Å². The van der Waals surface area contributed by atoms with E-state index in [9.17, 15) is 4.79 Å². The Bertz CT molecular complexity index is 651. The molecule has 0 spiro atoms. The summed E-state index contributed by atoms with van der Waals surface area (Å²) in [5.74, 6) is 0.529. The molecule has 1 atom stereocenters. The van der Waals surface area contributed by atoms with Gasteiger partial charge < -0.3 is 9.73 Å². The van der Waals surface area contributed by atoms with Gasteiger partial charge in [-0.05, 0) is 31.9 Å². The number of nitrogens with one attached hydrogen (secondary N) is 1. The van der Waals surface area contributed by atoms with E-state index in [-0.39, 0.29) is 11.2 Å². The minimum atomic E-state index is -0.252. The molecule has 1 N–H and O–H groups in total. The number of benzene rings is 1. The van der Waals surface area contributed by atoms with Crippen LogP contribution in [0.1, 0.15) is 45.4 Å². The van der Waals surface area contributed by atoms with Gasteiger partial charge in [0.05, 0.1) is 5.25 Å². The number of carbonyl (C=O) groups excluding carboxylic acids is 1. The van der Waals surface area contributed by atoms with Crippen LogP contribution in [0.25, 0.3) is 11.5 Å². The molecule has 6 heteroatoms. The molecular formula is C18H23N3O2S. The van der Waals surface area contributed by atoms with Crippen LogP contribution < -0.4 is 5.32 Å². The average molecular weight is 345 g/mol. The lowest BCUT2D eigenvalue weighted by Crippen LogP contribution is -2.39. The van der Waals surface area contributed by atoms with Crippen molar-refractivity contribution >= 4 is 17.7 Å². The first kappa shape index (κ1) is 17.0. The van der Waals surface area contributed by atoms with Gasteiger partial charge in [-0.15, -0.1) is 10.2 Å². The Morgan fingerprint density at radius 1 is 1.17 bits per heavy atom. The Hall–Kier alpha value is -1.82. The molecule has 1 saturated carbocycles. The standard InChI is InChI=1S/C18H23N3O2S/c1-13(16(22)19-15-11-7-2-3-8-12-15)24-18-21-20-17(23-18)14-9-5-4-6-10-14/h4-6,9-10,13,15H,2-3,7-8,11-12H2,1H3,(H,19,22)/t13-/m1/s1. The van der Waals surface area contributed by atoms with Crippen molar-refractivity contribution in [2.24, 2.45) is 0 Å². The Morgan fingerprint density at radius 3 is 2.58 bits per heavy atom. The third-order valence-electron chi connectivity index (χ3n) is 4.28. The Balaban J connectivity index is 1.55. The van der Waals surface area contributed by atoms with E-state index in [0.29, 0.717) is 17.2 Å². The number of carbonyl (C=O) groups is 1. The third-order valence-corrected chi connectivity index (χ3v) is 5.21. The maximum absolute atomic E-state index is 12.4. The normalized spacial score (nSPS) is 17.2. The number of hydrogen-bond donors (Lipinski definition) is 1. The summed E-state index contributed by atoms with van der Waals surface area (Å²) in [5, 5.41) is 11.4. The van der Waals surface area contributed by atoms with E-state index in [2.05, 4.69) is 15.5 Å². The number of aromatic nitrogens is 2. The predicted molar refractivity (Wildman–Crippen MR) is 94.7 cm³/mol. The molecule has 1 heterocycles. The average Bonchev–Trinajstić information content (AvgIpc) is 2.91. The molecule has 1 fully saturated rings. The van der Waals surface area contributed by atoms with Gasteiger partial charge >= 0.3 is 0 Å². The molecule has 0 bridgehead atoms. The van der Waals surface area contributed by atoms with Gasteiger partial charge in [-0.2, -0.15) is 0 Å². The molecule has 3 rings (SSSR count). The highest BCUT2D eigenvalue weighted by Gasteiger charge is 2.22. The largest absolute Gasteiger partial charge is 0.411 e. The minimum absolute atomic E-state index is 0.0476. The van der Waals surface area contributed by atoms with Crippen LogP contribution in [0.4, 0.5) is 0 Å². The van der Waals surface area contributed by atoms with E-state index < -0.39 is 0 Å². The van der Waals surface area contributed by atoms with E-state index in [4.69, 9.17) is 4.42 Å². The molecule has 2 aromatic rings. The van der Waals surface area contributed by atoms with Crippen molar-refractivity contribution in [1.82, 2.24) is 15.5 Å². The fraction of sp³-hybridized carbons (Fsp3) is 0.500. The first-order valence-electron chi connectivity index (χ1n) is 8.58. The second kappa shape index (κ2) is 8.33. The molecule has 5 nitrogen and oxygen atoms in total. The molecule has 24 heavy (non-hydrogen) atoms. The fourth-order valence-corrected chi connectivity index (χ4v) is 3.59. The Morgan fingerprint density at radius 2 is 1.88 bits per heavy atom. The molecule has 128 valence electrons. The second-order valence-corrected chi connectivity index (χ2v) is 7.49. The minimum Gasteiger partial charge on any atom is -0.411 e. The zero-order valence-corrected chi connectivity index (χ0v) is 14.7. The van der Waals surface area contributed by atoms with Crippen LogP contribution in [0, 0.1) is 0 Å². The molecular weight excluding hydrogens is 322 g/mol. The van der Waals surface area contributed by atoms with Crippen LogP contribution in [-0.2, 0) is 4.79 Å². The maximum atomic E-state index is 12.4. The lowest BCUT2D eigenvalue weighted by molar-refractivity contribution is -0.121. The summed E-state index contributed by atoms with van der Waals surface area (Å²) in [6.07, 6.45) is 7.14. The van der Waals surface area contributed by atoms with Crippen molar-refractivity contribution in [2.45, 2.75) is 62.0 Å². The van der Waals surface area contributed by atoms with E-state index in [1.54, 1.807) is 0 Å². The van der Waals surface area contributed by atoms with Crippen molar-refractivity contribution < 1.29 is 9.21 Å². The monoisotopic (exact) mass is 345 g/mol. The Labute approximate surface area is 146 Å². The van der Waals surface area contributed by atoms with Crippen LogP contribution in [0.3, 0.4) is 0 Å². The topological polar surface area (TPSA) is 68.0 Å². The van der Waals surface area contributed by atoms with Gasteiger partial charge in [0, 0.05) is 11.6 Å². The fourth-order valence-electron chi connectivity index (χ4n) is 2.90. The summed E-state index contributed by atoms with van der Waals surface area (Å²) in [7, 11) is 0. The number of nitrogens with zero attached hydrogens (tertiary/aromatic N) is 2. The summed E-state index contributed by atoms with van der Waals surface area (Å²) in [6, 6.07) is 9.94. The SMILES string of the molecule is C[C@@H](Sc1nnc(-c2ccccc2)o1)C(=O)NC1CCCCCC1. The number of hydrogen-bond acceptors (Lipinski definition) is 5. The molecule has 0 aliphatic heterocycles. The molecule has 1 aliphatic rings. The number of thioether (sulfide) groups is 1. The van der Waals surface area contributed by atoms with Gasteiger partial charge in [0.15, 0.2) is 0 Å². The van der Waals surface area contributed by atoms with Crippen LogP contribution in [0.15, 0.2) is 40.0 Å². The van der Waals surface area contributed by atoms with Crippen molar-refractivity contribution in [2.75, 3.05) is 0 Å². The zero-order chi connectivity index (χ0) is 16.8. The lowest BCUT2D eigenvalue weighted by atomic mass is 10.1. The van der Waals surface area contributed by atoms with Crippen LogP contribution in [-0.4, -0.2) is 27.4 Å². The molecule has 0 saturated heterocycles. The second-order valence-electron chi connectivity index (χ2n) is 6.20. The first-order chi connectivity index (χ1) is 11.7. The van der Waals surface area contributed by atoms with Crippen molar-refractivity contribution in [3.8, 4) is 11.5 Å². The highest BCUT2D eigenvalue weighted by atomic mass is 32.2. The predicted octanol–water partition coefficient (Wildman–Crippen LogP) is 4.06. The van der Waals surface area contributed by atoms with Gasteiger partial charge in [-0.25, -0.2) is 0 Å². The smallest absolute Gasteiger partial charge is 0.277 e. The van der Waals surface area contributed by atoms with E-state index >= 15 is 0 Å². The highest BCUT2D eigenvalue weighted by molar-refractivity contribution is 8.00. The van der Waals surface area contributed by atoms with E-state index in [1.165, 1.54) is 37.4 Å². The molecule has 1 aromatic carbocycles. The van der Waals surface area contributed by atoms with Gasteiger partial charge in [-0.1, -0.05) is 55.6 Å². The summed E-state index contributed by atoms with van der Waals surface area (Å²) in [4.78, 5) is 12.4. The van der Waals surface area contributed by atoms with Crippen LogP contribution in [0.5, 0.6) is 0 Å². The molecule has 1 aliphatic carbocycles. The molecule has 0 radical (unpaired) electrons. The van der Waals surface area contributed by atoms with Crippen molar-refractivity contribution in [3.63, 3.8) is 0 Å². The quantitative estimate of drug-likeness (QED) is 0.654. The molecule has 1 amide bonds. The highest BCUT2D eigenvalue weighted by Crippen LogP contribution is 2.26. The Kier molecular flexibility index (Phi) is 5.91. The van der Waals surface area contributed by atoms with Crippen LogP contribution >= 0.6 is 11.8 Å². The van der Waals surface area contributed by atoms with E-state index in [1.807, 2.05) is 37.3 Å². The summed E-state index contributed by atoms with van der Waals surface area (Å²) >= 11 is 1.31. The van der Waals surface area contributed by atoms with Crippen molar-refractivity contribution in [1.29, 1.82) is 0 Å². The first-order valence-corrected chi connectivity index (χ1v) is 9.46. The van der Waals surface area contributed by atoms with Crippen LogP contribution in [0.2, 0.25) is 0 Å². The van der Waals surface area contributed by atoms with Gasteiger partial charge in [0.1, 0.15) is 0 Å². The maximum Gasteiger partial charge on any atom is 0.277 e. The lowest BCUT2D eigenvalue weighted by Gasteiger charge is -2.18. The van der Waals surface area contributed by atoms with Crippen molar-refractivity contribution in [3.05, 3.63) is 30.3 Å². The summed E-state index contributed by atoms with van der Waals surface area (Å²) < 4.78 is 5.66. The van der Waals surface area contributed by atoms with Gasteiger partial charge in [0.2, 0.25) is 11.8 Å². The molecule has 0 unspecified atom stereocenters. The summed E-state index contributed by atoms with van der Waals surface area (Å²) in [6.45, 7) is 1.88. The molecule has 1 aromatic heterocycles.